The maximum atomic E-state index is 12.6. The first-order valence-corrected chi connectivity index (χ1v) is 8.13. The number of pyridine rings is 1. The van der Waals surface area contributed by atoms with Crippen molar-refractivity contribution in [1.82, 2.24) is 24.1 Å². The molecular formula is C17H18N6O2. The average molecular weight is 338 g/mol. The number of aryl methyl sites for hydroxylation is 1. The van der Waals surface area contributed by atoms with E-state index in [1.165, 1.54) is 10.6 Å². The Morgan fingerprint density at radius 3 is 3.00 bits per heavy atom. The molecule has 1 unspecified atom stereocenters. The summed E-state index contributed by atoms with van der Waals surface area (Å²) in [5, 5.41) is 7.82. The number of fused-ring (bicyclic) bond motifs is 1. The van der Waals surface area contributed by atoms with Crippen LogP contribution in [-0.2, 0) is 7.05 Å². The zero-order chi connectivity index (χ0) is 17.4. The van der Waals surface area contributed by atoms with Crippen LogP contribution in [0, 0.1) is 0 Å². The SMILES string of the molecule is Cn1cc(C(=O)N2CCC(Nc3ccc4nccn4n3)C2)ccc1=O. The Bertz CT molecular complexity index is 992. The van der Waals surface area contributed by atoms with Crippen molar-refractivity contribution in [2.24, 2.45) is 7.05 Å². The van der Waals surface area contributed by atoms with Crippen LogP contribution in [-0.4, -0.2) is 49.1 Å². The van der Waals surface area contributed by atoms with Crippen LogP contribution in [0.1, 0.15) is 16.8 Å². The minimum Gasteiger partial charge on any atom is -0.364 e. The molecule has 1 aliphatic heterocycles. The van der Waals surface area contributed by atoms with E-state index in [1.807, 2.05) is 12.1 Å². The molecule has 1 atom stereocenters. The third kappa shape index (κ3) is 2.98. The average Bonchev–Trinajstić information content (AvgIpc) is 3.25. The largest absolute Gasteiger partial charge is 0.364 e. The van der Waals surface area contributed by atoms with E-state index in [0.717, 1.165) is 17.9 Å². The molecule has 3 aromatic rings. The molecule has 0 spiro atoms. The summed E-state index contributed by atoms with van der Waals surface area (Å²) in [6, 6.07) is 6.94. The van der Waals surface area contributed by atoms with Crippen LogP contribution in [0.2, 0.25) is 0 Å². The highest BCUT2D eigenvalue weighted by Gasteiger charge is 2.27. The van der Waals surface area contributed by atoms with Gasteiger partial charge in [0.25, 0.3) is 5.91 Å². The number of hydrogen-bond donors (Lipinski definition) is 1. The highest BCUT2D eigenvalue weighted by atomic mass is 16.2. The number of nitrogens with zero attached hydrogens (tertiary/aromatic N) is 5. The third-order valence-corrected chi connectivity index (χ3v) is 4.42. The van der Waals surface area contributed by atoms with Crippen molar-refractivity contribution in [1.29, 1.82) is 0 Å². The Labute approximate surface area is 143 Å². The molecular weight excluding hydrogens is 320 g/mol. The van der Waals surface area contributed by atoms with Gasteiger partial charge in [0.15, 0.2) is 5.65 Å². The van der Waals surface area contributed by atoms with Crippen molar-refractivity contribution in [3.8, 4) is 0 Å². The number of carbonyl (C=O) groups excluding carboxylic acids is 1. The molecule has 0 bridgehead atoms. The highest BCUT2D eigenvalue weighted by molar-refractivity contribution is 5.94. The van der Waals surface area contributed by atoms with Crippen LogP contribution in [0.5, 0.6) is 0 Å². The molecule has 1 fully saturated rings. The summed E-state index contributed by atoms with van der Waals surface area (Å²) in [6.07, 6.45) is 5.93. The standard InChI is InChI=1S/C17H18N6O2/c1-21-10-12(2-5-16(21)24)17(25)22-8-6-13(11-22)19-14-3-4-15-18-7-9-23(15)20-14/h2-5,7,9-10,13H,6,8,11H2,1H3,(H,19,20). The monoisotopic (exact) mass is 338 g/mol. The lowest BCUT2D eigenvalue weighted by molar-refractivity contribution is 0.0790. The van der Waals surface area contributed by atoms with Gasteiger partial charge < -0.3 is 14.8 Å². The molecule has 1 N–H and O–H groups in total. The summed E-state index contributed by atoms with van der Waals surface area (Å²) in [6.45, 7) is 1.28. The molecule has 8 nitrogen and oxygen atoms in total. The summed E-state index contributed by atoms with van der Waals surface area (Å²) >= 11 is 0. The van der Waals surface area contributed by atoms with E-state index in [4.69, 9.17) is 0 Å². The maximum absolute atomic E-state index is 12.6. The minimum absolute atomic E-state index is 0.0575. The molecule has 0 radical (unpaired) electrons. The predicted octanol–water partition coefficient (Wildman–Crippen LogP) is 0.755. The van der Waals surface area contributed by atoms with E-state index in [2.05, 4.69) is 15.4 Å². The lowest BCUT2D eigenvalue weighted by Crippen LogP contribution is -2.32. The second-order valence-electron chi connectivity index (χ2n) is 6.20. The van der Waals surface area contributed by atoms with E-state index in [-0.39, 0.29) is 17.5 Å². The van der Waals surface area contributed by atoms with Crippen LogP contribution in [0.15, 0.2) is 47.7 Å². The lowest BCUT2D eigenvalue weighted by atomic mass is 10.2. The van der Waals surface area contributed by atoms with Crippen LogP contribution in [0.3, 0.4) is 0 Å². The Morgan fingerprint density at radius 1 is 1.28 bits per heavy atom. The van der Waals surface area contributed by atoms with Gasteiger partial charge in [-0.25, -0.2) is 9.50 Å². The van der Waals surface area contributed by atoms with Gasteiger partial charge in [0.1, 0.15) is 5.82 Å². The van der Waals surface area contributed by atoms with E-state index in [1.54, 1.807) is 41.1 Å². The van der Waals surface area contributed by atoms with Crippen LogP contribution in [0.25, 0.3) is 5.65 Å². The lowest BCUT2D eigenvalue weighted by Gasteiger charge is -2.17. The first-order chi connectivity index (χ1) is 12.1. The number of imidazole rings is 1. The van der Waals surface area contributed by atoms with Gasteiger partial charge >= 0.3 is 0 Å². The number of hydrogen-bond acceptors (Lipinski definition) is 5. The van der Waals surface area contributed by atoms with Gasteiger partial charge in [0.05, 0.1) is 5.56 Å². The van der Waals surface area contributed by atoms with Crippen LogP contribution >= 0.6 is 0 Å². The quantitative estimate of drug-likeness (QED) is 0.762. The molecule has 0 aliphatic carbocycles. The first-order valence-electron chi connectivity index (χ1n) is 8.13. The van der Waals surface area contributed by atoms with Crippen molar-refractivity contribution < 1.29 is 4.79 Å². The molecule has 8 heteroatoms. The number of rotatable bonds is 3. The Morgan fingerprint density at radius 2 is 2.16 bits per heavy atom. The zero-order valence-electron chi connectivity index (χ0n) is 13.8. The number of carbonyl (C=O) groups is 1. The normalized spacial score (nSPS) is 17.2. The molecule has 1 aliphatic rings. The van der Waals surface area contributed by atoms with Gasteiger partial charge in [-0.2, -0.15) is 0 Å². The summed E-state index contributed by atoms with van der Waals surface area (Å²) in [5.41, 5.74) is 1.20. The molecule has 128 valence electrons. The van der Waals surface area contributed by atoms with Crippen molar-refractivity contribution >= 4 is 17.4 Å². The molecule has 1 amide bonds. The maximum Gasteiger partial charge on any atom is 0.255 e. The van der Waals surface area contributed by atoms with Crippen molar-refractivity contribution in [3.63, 3.8) is 0 Å². The fourth-order valence-electron chi connectivity index (χ4n) is 3.07. The summed E-state index contributed by atoms with van der Waals surface area (Å²) in [4.78, 5) is 30.0. The van der Waals surface area contributed by atoms with E-state index >= 15 is 0 Å². The molecule has 0 saturated carbocycles. The van der Waals surface area contributed by atoms with Crippen molar-refractivity contribution in [2.75, 3.05) is 18.4 Å². The van der Waals surface area contributed by atoms with Gasteiger partial charge in [0, 0.05) is 50.8 Å². The van der Waals surface area contributed by atoms with E-state index in [9.17, 15) is 9.59 Å². The molecule has 0 aromatic carbocycles. The zero-order valence-corrected chi connectivity index (χ0v) is 13.8. The van der Waals surface area contributed by atoms with Crippen molar-refractivity contribution in [3.05, 3.63) is 58.8 Å². The Kier molecular flexibility index (Phi) is 3.72. The fraction of sp³-hybridized carbons (Fsp3) is 0.294. The number of aromatic nitrogens is 4. The Hall–Kier alpha value is -3.16. The summed E-state index contributed by atoms with van der Waals surface area (Å²) in [7, 11) is 1.64. The number of likely N-dealkylation sites (tertiary alicyclic amines) is 1. The topological polar surface area (TPSA) is 84.5 Å². The predicted molar refractivity (Wildman–Crippen MR) is 92.6 cm³/mol. The van der Waals surface area contributed by atoms with Gasteiger partial charge in [-0.1, -0.05) is 0 Å². The van der Waals surface area contributed by atoms with E-state index in [0.29, 0.717) is 18.7 Å². The fourth-order valence-corrected chi connectivity index (χ4v) is 3.07. The highest BCUT2D eigenvalue weighted by Crippen LogP contribution is 2.17. The number of nitrogens with one attached hydrogen (secondary N) is 1. The van der Waals surface area contributed by atoms with Gasteiger partial charge in [-0.3, -0.25) is 9.59 Å². The number of anilines is 1. The first kappa shape index (κ1) is 15.4. The summed E-state index contributed by atoms with van der Waals surface area (Å²) < 4.78 is 3.13. The minimum atomic E-state index is -0.126. The smallest absolute Gasteiger partial charge is 0.255 e. The van der Waals surface area contributed by atoms with Gasteiger partial charge in [-0.15, -0.1) is 5.10 Å². The van der Waals surface area contributed by atoms with Crippen molar-refractivity contribution in [2.45, 2.75) is 12.5 Å². The third-order valence-electron chi connectivity index (χ3n) is 4.42. The van der Waals surface area contributed by atoms with E-state index < -0.39 is 0 Å². The molecule has 25 heavy (non-hydrogen) atoms. The molecule has 4 heterocycles. The molecule has 4 rings (SSSR count). The van der Waals surface area contributed by atoms with Gasteiger partial charge in [0.2, 0.25) is 5.56 Å². The van der Waals surface area contributed by atoms with Crippen LogP contribution < -0.4 is 10.9 Å². The summed E-state index contributed by atoms with van der Waals surface area (Å²) in [5.74, 6) is 0.699. The van der Waals surface area contributed by atoms with Gasteiger partial charge in [-0.05, 0) is 24.6 Å². The second-order valence-corrected chi connectivity index (χ2v) is 6.20. The number of amides is 1. The van der Waals surface area contributed by atoms with Crippen LogP contribution in [0.4, 0.5) is 5.82 Å². The molecule has 3 aromatic heterocycles. The second kappa shape index (κ2) is 6.04. The molecule has 1 saturated heterocycles. The Balaban J connectivity index is 1.44.